The Morgan fingerprint density at radius 1 is 0.556 bits per heavy atom. The summed E-state index contributed by atoms with van der Waals surface area (Å²) in [6.07, 6.45) is 5.31. The average Bonchev–Trinajstić information content (AvgIpc) is 2.75. The second-order valence-corrected chi connectivity index (χ2v) is 16.1. The number of hydrogen-bond donors (Lipinski definition) is 1. The van der Waals surface area contributed by atoms with Gasteiger partial charge >= 0.3 is 171 Å². The van der Waals surface area contributed by atoms with Crippen molar-refractivity contribution >= 4 is 36.7 Å². The van der Waals surface area contributed by atoms with Crippen molar-refractivity contribution in [1.82, 2.24) is 0 Å². The number of unbranched alkanes of at least 4 members (excludes halogenated alkanes) is 3. The Bertz CT molecular complexity index is 721. The number of halogens is 1. The molecule has 0 saturated carbocycles. The molecule has 0 unspecified atom stereocenters. The van der Waals surface area contributed by atoms with Crippen LogP contribution in [0.15, 0.2) is 91.0 Å². The van der Waals surface area contributed by atoms with Gasteiger partial charge in [0.1, 0.15) is 0 Å². The Balaban J connectivity index is 2.16. The van der Waals surface area contributed by atoms with Crippen molar-refractivity contribution in [2.45, 2.75) is 25.7 Å². The van der Waals surface area contributed by atoms with Gasteiger partial charge in [-0.05, 0) is 0 Å². The van der Waals surface area contributed by atoms with Crippen LogP contribution >= 0.6 is 20.8 Å². The topological polar surface area (TPSA) is 20.2 Å². The Hall–Kier alpha value is -1.47. The zero-order valence-electron chi connectivity index (χ0n) is 15.7. The van der Waals surface area contributed by atoms with Crippen molar-refractivity contribution in [2.24, 2.45) is 0 Å². The third-order valence-corrected chi connectivity index (χ3v) is 15.4. The average molecular weight is 443 g/mol. The molecule has 0 fully saturated rings. The molecular weight excluding hydrogens is 415 g/mol. The number of aliphatic hydroxyl groups is 1. The molecule has 0 aliphatic rings. The zero-order valence-corrected chi connectivity index (χ0v) is 18.2. The Kier molecular flexibility index (Phi) is 6.87. The van der Waals surface area contributed by atoms with Gasteiger partial charge in [-0.25, -0.2) is 0 Å². The molecule has 1 N–H and O–H groups in total. The first-order valence-corrected chi connectivity index (χ1v) is 14.1. The van der Waals surface area contributed by atoms with E-state index in [0.29, 0.717) is 0 Å². The number of hydrogen-bond acceptors (Lipinski definition) is 1. The van der Waals surface area contributed by atoms with Crippen LogP contribution in [0.5, 0.6) is 0 Å². The molecule has 27 heavy (non-hydrogen) atoms. The van der Waals surface area contributed by atoms with E-state index in [-0.39, 0.29) is 6.61 Å². The Morgan fingerprint density at radius 3 is 1.30 bits per heavy atom. The summed E-state index contributed by atoms with van der Waals surface area (Å²) < 4.78 is 0. The van der Waals surface area contributed by atoms with Gasteiger partial charge < -0.3 is 0 Å². The molecule has 0 saturated heterocycles. The van der Waals surface area contributed by atoms with Crippen LogP contribution < -0.4 is 15.9 Å². The van der Waals surface area contributed by atoms with E-state index in [1.165, 1.54) is 15.9 Å². The summed E-state index contributed by atoms with van der Waals surface area (Å²) in [5.41, 5.74) is 0. The molecule has 0 aliphatic carbocycles. The van der Waals surface area contributed by atoms with Gasteiger partial charge in [-0.1, -0.05) is 0 Å². The fourth-order valence-electron chi connectivity index (χ4n) is 3.93. The van der Waals surface area contributed by atoms with Crippen molar-refractivity contribution in [2.75, 3.05) is 12.8 Å². The molecule has 142 valence electrons. The maximum absolute atomic E-state index is 9.11. The molecule has 3 rings (SSSR count). The second kappa shape index (κ2) is 9.15. The van der Waals surface area contributed by atoms with Gasteiger partial charge in [-0.15, -0.1) is 0 Å². The fourth-order valence-corrected chi connectivity index (χ4v) is 11.7. The van der Waals surface area contributed by atoms with E-state index >= 15 is 0 Å². The monoisotopic (exact) mass is 442 g/mol. The summed E-state index contributed by atoms with van der Waals surface area (Å²) >= 11 is 4.47. The summed E-state index contributed by atoms with van der Waals surface area (Å²) in [6.45, 7) is 0.286. The number of rotatable bonds is 9. The van der Waals surface area contributed by atoms with Crippen LogP contribution in [0.2, 0.25) is 0 Å². The standard InChI is InChI=1S/C24H28BrOP/c25-27(21-13-2-1-12-20-26,22-14-6-3-7-15-22,23-16-8-4-9-17-23)24-18-10-5-11-19-24/h3-11,14-19,26H,1-2,12-13,20-21H2. The van der Waals surface area contributed by atoms with Crippen LogP contribution in [0.3, 0.4) is 0 Å². The first-order chi connectivity index (χ1) is 13.2. The minimum absolute atomic E-state index is 0.286. The molecule has 0 atom stereocenters. The summed E-state index contributed by atoms with van der Waals surface area (Å²) in [5, 5.41) is 10.5. The van der Waals surface area contributed by atoms with Gasteiger partial charge in [0.25, 0.3) is 0 Å². The summed E-state index contributed by atoms with van der Waals surface area (Å²) in [4.78, 5) is 0. The van der Waals surface area contributed by atoms with E-state index in [9.17, 15) is 0 Å². The fraction of sp³-hybridized carbons (Fsp3) is 0.250. The van der Waals surface area contributed by atoms with Crippen molar-refractivity contribution in [3.05, 3.63) is 91.0 Å². The molecule has 3 aromatic carbocycles. The Labute approximate surface area is 171 Å². The molecule has 0 aromatic heterocycles. The van der Waals surface area contributed by atoms with Gasteiger partial charge in [0, 0.05) is 0 Å². The van der Waals surface area contributed by atoms with Crippen molar-refractivity contribution in [1.29, 1.82) is 0 Å². The second-order valence-electron chi connectivity index (χ2n) is 7.05. The Morgan fingerprint density at radius 2 is 0.926 bits per heavy atom. The first kappa shape index (κ1) is 20.3. The van der Waals surface area contributed by atoms with E-state index in [2.05, 4.69) is 106 Å². The first-order valence-electron chi connectivity index (χ1n) is 9.70. The number of aliphatic hydroxyl groups excluding tert-OH is 1. The van der Waals surface area contributed by atoms with Crippen LogP contribution in [-0.4, -0.2) is 17.9 Å². The molecule has 0 spiro atoms. The van der Waals surface area contributed by atoms with Gasteiger partial charge in [-0.3, -0.25) is 0 Å². The molecule has 3 aromatic rings. The van der Waals surface area contributed by atoms with Crippen LogP contribution in [0, 0.1) is 0 Å². The molecule has 0 heterocycles. The van der Waals surface area contributed by atoms with Crippen molar-refractivity contribution < 1.29 is 5.11 Å². The van der Waals surface area contributed by atoms with Crippen LogP contribution in [-0.2, 0) is 0 Å². The third-order valence-electron chi connectivity index (χ3n) is 5.37. The van der Waals surface area contributed by atoms with Crippen molar-refractivity contribution in [3.63, 3.8) is 0 Å². The summed E-state index contributed by atoms with van der Waals surface area (Å²) in [5.74, 6) is 0. The van der Waals surface area contributed by atoms with Gasteiger partial charge in [0.05, 0.1) is 0 Å². The summed E-state index contributed by atoms with van der Waals surface area (Å²) in [7, 11) is 0. The van der Waals surface area contributed by atoms with Gasteiger partial charge in [0.2, 0.25) is 0 Å². The minimum atomic E-state index is -2.74. The molecule has 3 heteroatoms. The molecule has 0 amide bonds. The normalized spacial score (nSPS) is 13.0. The maximum atomic E-state index is 9.11. The zero-order chi connectivity index (χ0) is 19.0. The van der Waals surface area contributed by atoms with E-state index in [0.717, 1.165) is 31.8 Å². The molecule has 0 radical (unpaired) electrons. The number of benzene rings is 3. The predicted octanol–water partition coefficient (Wildman–Crippen LogP) is 5.38. The van der Waals surface area contributed by atoms with Gasteiger partial charge in [-0.2, -0.15) is 0 Å². The quantitative estimate of drug-likeness (QED) is 0.348. The van der Waals surface area contributed by atoms with Crippen molar-refractivity contribution in [3.8, 4) is 0 Å². The molecule has 0 bridgehead atoms. The molecule has 0 aliphatic heterocycles. The third kappa shape index (κ3) is 4.04. The van der Waals surface area contributed by atoms with E-state index in [1.54, 1.807) is 0 Å². The van der Waals surface area contributed by atoms with E-state index < -0.39 is 5.31 Å². The molecule has 1 nitrogen and oxygen atoms in total. The summed E-state index contributed by atoms with van der Waals surface area (Å²) in [6, 6.07) is 32.8. The van der Waals surface area contributed by atoms with E-state index in [1.807, 2.05) is 0 Å². The van der Waals surface area contributed by atoms with Crippen LogP contribution in [0.1, 0.15) is 25.7 Å². The van der Waals surface area contributed by atoms with Gasteiger partial charge in [0.15, 0.2) is 0 Å². The molecular formula is C24H28BrOP. The SMILES string of the molecule is OCCCCCCP(Br)(c1ccccc1)(c1ccccc1)c1ccccc1. The van der Waals surface area contributed by atoms with Crippen LogP contribution in [0.4, 0.5) is 0 Å². The predicted molar refractivity (Wildman–Crippen MR) is 124 cm³/mol. The van der Waals surface area contributed by atoms with Crippen LogP contribution in [0.25, 0.3) is 0 Å². The van der Waals surface area contributed by atoms with E-state index in [4.69, 9.17) is 5.11 Å².